The molecule has 0 aliphatic carbocycles. The van der Waals surface area contributed by atoms with Crippen molar-refractivity contribution in [1.82, 2.24) is 0 Å². The van der Waals surface area contributed by atoms with Gasteiger partial charge in [0.05, 0.1) is 11.1 Å². The fourth-order valence-corrected chi connectivity index (χ4v) is 2.92. The van der Waals surface area contributed by atoms with E-state index in [2.05, 4.69) is 4.72 Å². The quantitative estimate of drug-likeness (QED) is 0.841. The molecular weight excluding hydrogens is 322 g/mol. The molecule has 0 spiro atoms. The molecule has 0 unspecified atom stereocenters. The van der Waals surface area contributed by atoms with Crippen LogP contribution in [0, 0.1) is 0 Å². The van der Waals surface area contributed by atoms with Gasteiger partial charge < -0.3 is 0 Å². The summed E-state index contributed by atoms with van der Waals surface area (Å²) in [6, 6.07) is 13.3. The van der Waals surface area contributed by atoms with Gasteiger partial charge in [-0.1, -0.05) is 41.9 Å². The Hall–Kier alpha value is -2.11. The Kier molecular flexibility index (Phi) is 5.00. The molecule has 0 radical (unpaired) electrons. The Balaban J connectivity index is 2.26. The maximum absolute atomic E-state index is 12.1. The second-order valence-electron chi connectivity index (χ2n) is 4.57. The third-order valence-electron chi connectivity index (χ3n) is 2.89. The highest BCUT2D eigenvalue weighted by Crippen LogP contribution is 2.19. The lowest BCUT2D eigenvalue weighted by Gasteiger charge is -2.08. The number of carbonyl (C=O) groups excluding carboxylic acids is 1. The van der Waals surface area contributed by atoms with Crippen LogP contribution >= 0.6 is 11.6 Å². The number of hydrogen-bond donors (Lipinski definition) is 1. The van der Waals surface area contributed by atoms with Crippen molar-refractivity contribution >= 4 is 39.2 Å². The average Bonchev–Trinajstić information content (AvgIpc) is 2.46. The molecule has 0 aliphatic rings. The Morgan fingerprint density at radius 2 is 1.73 bits per heavy atom. The van der Waals surface area contributed by atoms with Crippen LogP contribution in [-0.4, -0.2) is 14.2 Å². The van der Waals surface area contributed by atoms with Crippen LogP contribution in [0.4, 0.5) is 5.69 Å². The van der Waals surface area contributed by atoms with Crippen molar-refractivity contribution in [3.05, 3.63) is 70.1 Å². The SMILES string of the molecule is CC(=O)c1ccccc1NS(=O)(=O)/C=C/c1ccccc1Cl. The first kappa shape index (κ1) is 16.3. The Morgan fingerprint density at radius 1 is 1.09 bits per heavy atom. The molecule has 2 aromatic rings. The zero-order valence-corrected chi connectivity index (χ0v) is 13.4. The lowest BCUT2D eigenvalue weighted by molar-refractivity contribution is 0.101. The molecule has 0 saturated heterocycles. The lowest BCUT2D eigenvalue weighted by atomic mass is 10.1. The first-order chi connectivity index (χ1) is 10.4. The van der Waals surface area contributed by atoms with Gasteiger partial charge in [-0.25, -0.2) is 8.42 Å². The van der Waals surface area contributed by atoms with E-state index >= 15 is 0 Å². The lowest BCUT2D eigenvalue weighted by Crippen LogP contribution is -2.11. The number of hydrogen-bond acceptors (Lipinski definition) is 3. The highest BCUT2D eigenvalue weighted by molar-refractivity contribution is 7.95. The summed E-state index contributed by atoms with van der Waals surface area (Å²) in [7, 11) is -3.75. The molecule has 0 atom stereocenters. The maximum Gasteiger partial charge on any atom is 0.255 e. The van der Waals surface area contributed by atoms with Gasteiger partial charge >= 0.3 is 0 Å². The smallest absolute Gasteiger partial charge is 0.255 e. The van der Waals surface area contributed by atoms with Gasteiger partial charge in [0.1, 0.15) is 0 Å². The summed E-state index contributed by atoms with van der Waals surface area (Å²) < 4.78 is 26.6. The van der Waals surface area contributed by atoms with E-state index in [1.54, 1.807) is 42.5 Å². The van der Waals surface area contributed by atoms with Crippen molar-refractivity contribution in [1.29, 1.82) is 0 Å². The van der Waals surface area contributed by atoms with Crippen molar-refractivity contribution < 1.29 is 13.2 Å². The van der Waals surface area contributed by atoms with Gasteiger partial charge in [0.15, 0.2) is 5.78 Å². The van der Waals surface area contributed by atoms with Gasteiger partial charge in [-0.3, -0.25) is 9.52 Å². The van der Waals surface area contributed by atoms with Crippen molar-refractivity contribution in [2.75, 3.05) is 4.72 Å². The standard InChI is InChI=1S/C16H14ClNO3S/c1-12(19)14-7-3-5-9-16(14)18-22(20,21)11-10-13-6-2-4-8-15(13)17/h2-11,18H,1H3/b11-10+. The summed E-state index contributed by atoms with van der Waals surface area (Å²) in [4.78, 5) is 11.5. The number of para-hydroxylation sites is 1. The van der Waals surface area contributed by atoms with Crippen LogP contribution in [0.5, 0.6) is 0 Å². The average molecular weight is 336 g/mol. The molecule has 1 N–H and O–H groups in total. The highest BCUT2D eigenvalue weighted by Gasteiger charge is 2.11. The third kappa shape index (κ3) is 4.19. The van der Waals surface area contributed by atoms with Gasteiger partial charge in [-0.15, -0.1) is 0 Å². The van der Waals surface area contributed by atoms with Crippen LogP contribution < -0.4 is 4.72 Å². The van der Waals surface area contributed by atoms with Crippen molar-refractivity contribution in [3.8, 4) is 0 Å². The number of rotatable bonds is 5. The fourth-order valence-electron chi connectivity index (χ4n) is 1.84. The number of nitrogens with one attached hydrogen (secondary N) is 1. The number of halogens is 1. The number of carbonyl (C=O) groups is 1. The zero-order valence-electron chi connectivity index (χ0n) is 11.8. The molecule has 114 valence electrons. The van der Waals surface area contributed by atoms with Gasteiger partial charge in [0.2, 0.25) is 0 Å². The van der Waals surface area contributed by atoms with Crippen molar-refractivity contribution in [2.45, 2.75) is 6.92 Å². The molecular formula is C16H14ClNO3S. The maximum atomic E-state index is 12.1. The van der Waals surface area contributed by atoms with Crippen molar-refractivity contribution in [3.63, 3.8) is 0 Å². The van der Waals surface area contributed by atoms with Gasteiger partial charge in [-0.2, -0.15) is 0 Å². The van der Waals surface area contributed by atoms with E-state index in [4.69, 9.17) is 11.6 Å². The van der Waals surface area contributed by atoms with Crippen LogP contribution in [0.15, 0.2) is 53.9 Å². The molecule has 0 aromatic heterocycles. The summed E-state index contributed by atoms with van der Waals surface area (Å²) in [5.74, 6) is -0.214. The molecule has 0 fully saturated rings. The molecule has 0 heterocycles. The Labute approximate surface area is 134 Å². The monoisotopic (exact) mass is 335 g/mol. The second-order valence-corrected chi connectivity index (χ2v) is 6.55. The van der Waals surface area contributed by atoms with Crippen LogP contribution in [0.2, 0.25) is 5.02 Å². The van der Waals surface area contributed by atoms with Crippen LogP contribution in [0.1, 0.15) is 22.8 Å². The van der Waals surface area contributed by atoms with E-state index in [1.807, 2.05) is 0 Å². The minimum atomic E-state index is -3.75. The predicted molar refractivity (Wildman–Crippen MR) is 89.5 cm³/mol. The largest absolute Gasteiger partial charge is 0.294 e. The second kappa shape index (κ2) is 6.77. The topological polar surface area (TPSA) is 63.2 Å². The van der Waals surface area contributed by atoms with E-state index in [1.165, 1.54) is 19.1 Å². The van der Waals surface area contributed by atoms with E-state index in [9.17, 15) is 13.2 Å². The Morgan fingerprint density at radius 3 is 2.41 bits per heavy atom. The third-order valence-corrected chi connectivity index (χ3v) is 4.23. The van der Waals surface area contributed by atoms with E-state index in [-0.39, 0.29) is 11.5 Å². The summed E-state index contributed by atoms with van der Waals surface area (Å²) >= 11 is 5.97. The number of benzene rings is 2. The molecule has 0 amide bonds. The van der Waals surface area contributed by atoms with E-state index in [0.29, 0.717) is 16.1 Å². The summed E-state index contributed by atoms with van der Waals surface area (Å²) in [6.07, 6.45) is 1.40. The molecule has 22 heavy (non-hydrogen) atoms. The normalized spacial score (nSPS) is 11.5. The van der Waals surface area contributed by atoms with E-state index in [0.717, 1.165) is 5.41 Å². The summed E-state index contributed by atoms with van der Waals surface area (Å²) in [6.45, 7) is 1.38. The molecule has 2 aromatic carbocycles. The first-order valence-electron chi connectivity index (χ1n) is 6.44. The molecule has 0 saturated carbocycles. The molecule has 4 nitrogen and oxygen atoms in total. The minimum Gasteiger partial charge on any atom is -0.294 e. The molecule has 0 aliphatic heterocycles. The summed E-state index contributed by atoms with van der Waals surface area (Å²) in [5, 5.41) is 1.48. The number of ketones is 1. The van der Waals surface area contributed by atoms with Crippen molar-refractivity contribution in [2.24, 2.45) is 0 Å². The number of sulfonamides is 1. The number of Topliss-reactive ketones (excluding diaryl/α,β-unsaturated/α-hetero) is 1. The Bertz CT molecular complexity index is 829. The van der Waals surface area contributed by atoms with Gasteiger partial charge in [0, 0.05) is 10.6 Å². The van der Waals surface area contributed by atoms with Gasteiger partial charge in [0.25, 0.3) is 10.0 Å². The van der Waals surface area contributed by atoms with E-state index < -0.39 is 10.0 Å². The molecule has 0 bridgehead atoms. The van der Waals surface area contributed by atoms with Crippen LogP contribution in [-0.2, 0) is 10.0 Å². The van der Waals surface area contributed by atoms with Crippen LogP contribution in [0.3, 0.4) is 0 Å². The zero-order chi connectivity index (χ0) is 16.2. The number of anilines is 1. The highest BCUT2D eigenvalue weighted by atomic mass is 35.5. The molecule has 2 rings (SSSR count). The van der Waals surface area contributed by atoms with Crippen LogP contribution in [0.25, 0.3) is 6.08 Å². The summed E-state index contributed by atoms with van der Waals surface area (Å²) in [5.41, 5.74) is 1.16. The van der Waals surface area contributed by atoms with Gasteiger partial charge in [-0.05, 0) is 36.8 Å². The molecule has 6 heteroatoms. The minimum absolute atomic E-state index is 0.214. The predicted octanol–water partition coefficient (Wildman–Crippen LogP) is 3.96. The fraction of sp³-hybridized carbons (Fsp3) is 0.0625. The first-order valence-corrected chi connectivity index (χ1v) is 8.37.